The van der Waals surface area contributed by atoms with Crippen molar-refractivity contribution in [1.29, 1.82) is 0 Å². The Kier molecular flexibility index (Phi) is 2.91. The van der Waals surface area contributed by atoms with E-state index in [0.717, 1.165) is 5.56 Å². The number of ether oxygens (including phenoxy) is 1. The molecule has 0 N–H and O–H groups in total. The minimum atomic E-state index is -0.109. The van der Waals surface area contributed by atoms with Crippen molar-refractivity contribution >= 4 is 5.78 Å². The summed E-state index contributed by atoms with van der Waals surface area (Å²) in [5.74, 6) is 0.371. The molecule has 0 radical (unpaired) electrons. The first-order chi connectivity index (χ1) is 8.15. The Morgan fingerprint density at radius 3 is 2.82 bits per heavy atom. The Hall–Kier alpha value is -2.17. The maximum Gasteiger partial charge on any atom is 0.215 e. The molecule has 2 aromatic heterocycles. The fraction of sp³-hybridized carbons (Fsp3) is 0.250. The molecule has 88 valence electrons. The smallest absolute Gasteiger partial charge is 0.215 e. The van der Waals surface area contributed by atoms with Crippen molar-refractivity contribution in [3.05, 3.63) is 41.5 Å². The van der Waals surface area contributed by atoms with Gasteiger partial charge in [-0.15, -0.1) is 0 Å². The molecular weight excluding hydrogens is 218 g/mol. The van der Waals surface area contributed by atoms with E-state index >= 15 is 0 Å². The van der Waals surface area contributed by atoms with E-state index in [4.69, 9.17) is 4.74 Å². The summed E-state index contributed by atoms with van der Waals surface area (Å²) >= 11 is 0. The first-order valence-electron chi connectivity index (χ1n) is 5.16. The van der Waals surface area contributed by atoms with E-state index in [1.165, 1.54) is 18.0 Å². The molecule has 0 aliphatic rings. The molecule has 17 heavy (non-hydrogen) atoms. The fourth-order valence-electron chi connectivity index (χ4n) is 1.68. The normalized spacial score (nSPS) is 10.3. The summed E-state index contributed by atoms with van der Waals surface area (Å²) in [6, 6.07) is 1.70. The van der Waals surface area contributed by atoms with Crippen molar-refractivity contribution in [2.45, 2.75) is 6.92 Å². The molecule has 0 bridgehead atoms. The average molecular weight is 231 g/mol. The van der Waals surface area contributed by atoms with Crippen molar-refractivity contribution in [1.82, 2.24) is 14.8 Å². The zero-order valence-corrected chi connectivity index (χ0v) is 9.97. The number of nitrogens with zero attached hydrogens (tertiary/aromatic N) is 3. The van der Waals surface area contributed by atoms with E-state index in [2.05, 4.69) is 10.1 Å². The van der Waals surface area contributed by atoms with E-state index < -0.39 is 0 Å². The number of methoxy groups -OCH3 is 1. The van der Waals surface area contributed by atoms with Crippen LogP contribution < -0.4 is 4.74 Å². The van der Waals surface area contributed by atoms with Gasteiger partial charge in [0.05, 0.1) is 13.3 Å². The SMILES string of the molecule is COc1cnn(C)c1C(=O)c1ccncc1C. The summed E-state index contributed by atoms with van der Waals surface area (Å²) in [7, 11) is 3.24. The standard InChI is InChI=1S/C12H13N3O2/c1-8-6-13-5-4-9(8)12(16)11-10(17-3)7-14-15(11)2/h4-7H,1-3H3. The van der Waals surface area contributed by atoms with E-state index in [-0.39, 0.29) is 5.78 Å². The molecule has 0 unspecified atom stereocenters. The maximum atomic E-state index is 12.4. The molecule has 2 aromatic rings. The van der Waals surface area contributed by atoms with E-state index in [9.17, 15) is 4.79 Å². The number of ketones is 1. The van der Waals surface area contributed by atoms with Crippen LogP contribution >= 0.6 is 0 Å². The van der Waals surface area contributed by atoms with Crippen LogP contribution in [0.2, 0.25) is 0 Å². The molecule has 0 spiro atoms. The summed E-state index contributed by atoms with van der Waals surface area (Å²) in [5.41, 5.74) is 1.89. The number of carbonyl (C=O) groups is 1. The number of pyridine rings is 1. The lowest BCUT2D eigenvalue weighted by Crippen LogP contribution is -2.11. The van der Waals surface area contributed by atoms with Crippen LogP contribution in [0.5, 0.6) is 5.75 Å². The van der Waals surface area contributed by atoms with Crippen LogP contribution in [0.4, 0.5) is 0 Å². The number of carbonyl (C=O) groups excluding carboxylic acids is 1. The van der Waals surface area contributed by atoms with Crippen LogP contribution in [0.25, 0.3) is 0 Å². The van der Waals surface area contributed by atoms with Gasteiger partial charge < -0.3 is 4.74 Å². The third kappa shape index (κ3) is 1.91. The molecule has 2 rings (SSSR count). The highest BCUT2D eigenvalue weighted by Crippen LogP contribution is 2.21. The zero-order valence-electron chi connectivity index (χ0n) is 9.97. The highest BCUT2D eigenvalue weighted by molar-refractivity contribution is 6.10. The minimum Gasteiger partial charge on any atom is -0.493 e. The van der Waals surface area contributed by atoms with Crippen LogP contribution in [-0.2, 0) is 7.05 Å². The van der Waals surface area contributed by atoms with Gasteiger partial charge in [-0.3, -0.25) is 14.5 Å². The van der Waals surface area contributed by atoms with Crippen LogP contribution in [0, 0.1) is 6.92 Å². The van der Waals surface area contributed by atoms with Gasteiger partial charge in [-0.25, -0.2) is 0 Å². The summed E-state index contributed by atoms with van der Waals surface area (Å²) in [5, 5.41) is 4.02. The number of aryl methyl sites for hydroxylation is 2. The van der Waals surface area contributed by atoms with Gasteiger partial charge in [-0.1, -0.05) is 0 Å². The molecule has 0 aromatic carbocycles. The second-order valence-corrected chi connectivity index (χ2v) is 3.70. The number of aromatic nitrogens is 3. The molecule has 0 saturated heterocycles. The summed E-state index contributed by atoms with van der Waals surface area (Å²) in [6.07, 6.45) is 4.79. The van der Waals surface area contributed by atoms with Gasteiger partial charge in [0.15, 0.2) is 11.4 Å². The summed E-state index contributed by atoms with van der Waals surface area (Å²) in [4.78, 5) is 16.3. The predicted octanol–water partition coefficient (Wildman–Crippen LogP) is 1.36. The van der Waals surface area contributed by atoms with E-state index in [1.54, 1.807) is 25.5 Å². The first-order valence-corrected chi connectivity index (χ1v) is 5.16. The van der Waals surface area contributed by atoms with Crippen LogP contribution in [-0.4, -0.2) is 27.7 Å². The van der Waals surface area contributed by atoms with E-state index in [0.29, 0.717) is 17.0 Å². The Balaban J connectivity index is 2.51. The fourth-order valence-corrected chi connectivity index (χ4v) is 1.68. The molecular formula is C12H13N3O2. The van der Waals surface area contributed by atoms with Crippen molar-refractivity contribution in [2.75, 3.05) is 7.11 Å². The third-order valence-electron chi connectivity index (χ3n) is 2.61. The Morgan fingerprint density at radius 1 is 1.41 bits per heavy atom. The Morgan fingerprint density at radius 2 is 2.18 bits per heavy atom. The molecule has 0 aliphatic carbocycles. The number of hydrogen-bond donors (Lipinski definition) is 0. The Labute approximate surface area is 99.1 Å². The average Bonchev–Trinajstić information content (AvgIpc) is 2.70. The topological polar surface area (TPSA) is 57.0 Å². The lowest BCUT2D eigenvalue weighted by atomic mass is 10.0. The molecule has 0 saturated carbocycles. The minimum absolute atomic E-state index is 0.109. The zero-order chi connectivity index (χ0) is 12.4. The molecule has 5 heteroatoms. The molecule has 0 fully saturated rings. The van der Waals surface area contributed by atoms with Gasteiger partial charge in [-0.05, 0) is 18.6 Å². The van der Waals surface area contributed by atoms with Gasteiger partial charge in [0.1, 0.15) is 0 Å². The highest BCUT2D eigenvalue weighted by atomic mass is 16.5. The highest BCUT2D eigenvalue weighted by Gasteiger charge is 2.20. The molecule has 0 atom stereocenters. The maximum absolute atomic E-state index is 12.4. The van der Waals surface area contributed by atoms with Gasteiger partial charge in [0.25, 0.3) is 0 Å². The van der Waals surface area contributed by atoms with Gasteiger partial charge >= 0.3 is 0 Å². The molecule has 2 heterocycles. The number of rotatable bonds is 3. The molecule has 0 amide bonds. The third-order valence-corrected chi connectivity index (χ3v) is 2.61. The lowest BCUT2D eigenvalue weighted by molar-refractivity contribution is 0.102. The van der Waals surface area contributed by atoms with E-state index in [1.807, 2.05) is 6.92 Å². The second-order valence-electron chi connectivity index (χ2n) is 3.70. The number of hydrogen-bond acceptors (Lipinski definition) is 4. The van der Waals surface area contributed by atoms with Crippen molar-refractivity contribution in [3.63, 3.8) is 0 Å². The quantitative estimate of drug-likeness (QED) is 0.748. The van der Waals surface area contributed by atoms with Gasteiger partial charge in [0, 0.05) is 25.0 Å². The van der Waals surface area contributed by atoms with Crippen molar-refractivity contribution in [2.24, 2.45) is 7.05 Å². The summed E-state index contributed by atoms with van der Waals surface area (Å²) < 4.78 is 6.64. The second kappa shape index (κ2) is 4.37. The van der Waals surface area contributed by atoms with Crippen LogP contribution in [0.15, 0.2) is 24.7 Å². The monoisotopic (exact) mass is 231 g/mol. The van der Waals surface area contributed by atoms with Crippen LogP contribution in [0.3, 0.4) is 0 Å². The Bertz CT molecular complexity index is 561. The van der Waals surface area contributed by atoms with Gasteiger partial charge in [0.2, 0.25) is 5.78 Å². The molecule has 5 nitrogen and oxygen atoms in total. The van der Waals surface area contributed by atoms with Crippen molar-refractivity contribution in [3.8, 4) is 5.75 Å². The predicted molar refractivity (Wildman–Crippen MR) is 62.2 cm³/mol. The largest absolute Gasteiger partial charge is 0.493 e. The molecule has 0 aliphatic heterocycles. The summed E-state index contributed by atoms with van der Waals surface area (Å²) in [6.45, 7) is 1.85. The van der Waals surface area contributed by atoms with Gasteiger partial charge in [-0.2, -0.15) is 5.10 Å². The lowest BCUT2D eigenvalue weighted by Gasteiger charge is -2.06. The first kappa shape index (κ1) is 11.3. The van der Waals surface area contributed by atoms with Crippen LogP contribution in [0.1, 0.15) is 21.6 Å². The van der Waals surface area contributed by atoms with Crippen molar-refractivity contribution < 1.29 is 9.53 Å².